The van der Waals surface area contributed by atoms with Crippen LogP contribution in [-0.4, -0.2) is 0 Å². The summed E-state index contributed by atoms with van der Waals surface area (Å²) in [5, 5.41) is 12.3. The molecule has 54 heavy (non-hydrogen) atoms. The van der Waals surface area contributed by atoms with Crippen LogP contribution in [0.15, 0.2) is 205 Å². The van der Waals surface area contributed by atoms with Crippen molar-refractivity contribution in [3.05, 3.63) is 200 Å². The number of nitrogens with zero attached hydrogens (tertiary/aromatic N) is 1. The molecule has 10 aromatic carbocycles. The van der Waals surface area contributed by atoms with Crippen molar-refractivity contribution in [3.8, 4) is 22.3 Å². The highest BCUT2D eigenvalue weighted by Gasteiger charge is 2.20. The van der Waals surface area contributed by atoms with E-state index in [2.05, 4.69) is 193 Å². The molecule has 0 saturated carbocycles. The van der Waals surface area contributed by atoms with Crippen LogP contribution >= 0.6 is 0 Å². The Balaban J connectivity index is 1.08. The molecule has 0 aliphatic heterocycles. The van der Waals surface area contributed by atoms with Gasteiger partial charge in [-0.3, -0.25) is 0 Å². The molecule has 2 heteroatoms. The van der Waals surface area contributed by atoms with Crippen LogP contribution in [0, 0.1) is 0 Å². The molecule has 0 fully saturated rings. The first-order valence-corrected chi connectivity index (χ1v) is 18.5. The Morgan fingerprint density at radius 2 is 0.852 bits per heavy atom. The third kappa shape index (κ3) is 4.81. The SMILES string of the molecule is c1ccc2c(-c3ccc(N(c4ccc(-c5cc6ccc7ccccc7c6c6ccccc56)cc4)c4cccc5oc6ccccc6c45)cc3)cccc2c1. The van der Waals surface area contributed by atoms with Crippen LogP contribution in [0.4, 0.5) is 17.1 Å². The quantitative estimate of drug-likeness (QED) is 0.168. The molecule has 11 aromatic rings. The van der Waals surface area contributed by atoms with Crippen LogP contribution in [0.2, 0.25) is 0 Å². The normalized spacial score (nSPS) is 11.7. The number of furan rings is 1. The molecule has 0 N–H and O–H groups in total. The lowest BCUT2D eigenvalue weighted by molar-refractivity contribution is 0.669. The van der Waals surface area contributed by atoms with E-state index in [9.17, 15) is 0 Å². The van der Waals surface area contributed by atoms with Crippen molar-refractivity contribution in [2.24, 2.45) is 0 Å². The summed E-state index contributed by atoms with van der Waals surface area (Å²) in [6.45, 7) is 0. The summed E-state index contributed by atoms with van der Waals surface area (Å²) in [6.07, 6.45) is 0. The van der Waals surface area contributed by atoms with Gasteiger partial charge in [-0.2, -0.15) is 0 Å². The van der Waals surface area contributed by atoms with Gasteiger partial charge in [-0.15, -0.1) is 0 Å². The van der Waals surface area contributed by atoms with Crippen LogP contribution in [-0.2, 0) is 0 Å². The van der Waals surface area contributed by atoms with Crippen molar-refractivity contribution >= 4 is 82.1 Å². The largest absolute Gasteiger partial charge is 0.456 e. The number of fused-ring (bicyclic) bond motifs is 9. The number of hydrogen-bond acceptors (Lipinski definition) is 2. The van der Waals surface area contributed by atoms with Gasteiger partial charge in [-0.05, 0) is 114 Å². The first-order valence-electron chi connectivity index (χ1n) is 18.5. The van der Waals surface area contributed by atoms with Crippen LogP contribution in [0.1, 0.15) is 0 Å². The van der Waals surface area contributed by atoms with Gasteiger partial charge in [0.2, 0.25) is 0 Å². The van der Waals surface area contributed by atoms with Crippen molar-refractivity contribution in [2.45, 2.75) is 0 Å². The Hall–Kier alpha value is -7.16. The molecule has 1 aromatic heterocycles. The Labute approximate surface area is 312 Å². The van der Waals surface area contributed by atoms with Gasteiger partial charge in [0.15, 0.2) is 0 Å². The van der Waals surface area contributed by atoms with Gasteiger partial charge in [0.25, 0.3) is 0 Å². The smallest absolute Gasteiger partial charge is 0.137 e. The number of hydrogen-bond donors (Lipinski definition) is 0. The van der Waals surface area contributed by atoms with Crippen LogP contribution < -0.4 is 4.90 Å². The van der Waals surface area contributed by atoms with Crippen molar-refractivity contribution in [2.75, 3.05) is 4.90 Å². The van der Waals surface area contributed by atoms with E-state index in [0.717, 1.165) is 39.0 Å². The first-order chi connectivity index (χ1) is 26.8. The highest BCUT2D eigenvalue weighted by molar-refractivity contribution is 6.23. The van der Waals surface area contributed by atoms with E-state index < -0.39 is 0 Å². The van der Waals surface area contributed by atoms with E-state index in [1.165, 1.54) is 65.3 Å². The Bertz CT molecular complexity index is 3200. The van der Waals surface area contributed by atoms with Gasteiger partial charge in [-0.25, -0.2) is 0 Å². The Morgan fingerprint density at radius 3 is 1.61 bits per heavy atom. The number of rotatable bonds is 5. The fourth-order valence-electron chi connectivity index (χ4n) is 8.54. The second-order valence-corrected chi connectivity index (χ2v) is 14.1. The highest BCUT2D eigenvalue weighted by atomic mass is 16.3. The fraction of sp³-hybridized carbons (Fsp3) is 0. The summed E-state index contributed by atoms with van der Waals surface area (Å²) in [6, 6.07) is 72.3. The predicted molar refractivity (Wildman–Crippen MR) is 229 cm³/mol. The molecule has 0 aliphatic rings. The zero-order valence-corrected chi connectivity index (χ0v) is 29.4. The molecular weight excluding hydrogens is 655 g/mol. The maximum Gasteiger partial charge on any atom is 0.137 e. The minimum absolute atomic E-state index is 0.873. The molecule has 0 spiro atoms. The number of anilines is 3. The maximum absolute atomic E-state index is 6.39. The lowest BCUT2D eigenvalue weighted by Crippen LogP contribution is -2.10. The molecule has 0 radical (unpaired) electrons. The van der Waals surface area contributed by atoms with E-state index >= 15 is 0 Å². The molecule has 0 atom stereocenters. The molecule has 252 valence electrons. The van der Waals surface area contributed by atoms with E-state index in [-0.39, 0.29) is 0 Å². The zero-order chi connectivity index (χ0) is 35.6. The fourth-order valence-corrected chi connectivity index (χ4v) is 8.54. The summed E-state index contributed by atoms with van der Waals surface area (Å²) in [7, 11) is 0. The third-order valence-corrected chi connectivity index (χ3v) is 11.0. The van der Waals surface area contributed by atoms with Crippen molar-refractivity contribution < 1.29 is 4.42 Å². The summed E-state index contributed by atoms with van der Waals surface area (Å²) >= 11 is 0. The molecule has 1 heterocycles. The molecule has 0 bridgehead atoms. The van der Waals surface area contributed by atoms with Gasteiger partial charge in [-0.1, -0.05) is 152 Å². The summed E-state index contributed by atoms with van der Waals surface area (Å²) in [5.74, 6) is 0. The molecule has 0 amide bonds. The van der Waals surface area contributed by atoms with Gasteiger partial charge in [0, 0.05) is 16.8 Å². The van der Waals surface area contributed by atoms with Crippen LogP contribution in [0.25, 0.3) is 87.3 Å². The summed E-state index contributed by atoms with van der Waals surface area (Å²) in [5.41, 5.74) is 9.82. The maximum atomic E-state index is 6.39. The molecule has 0 aliphatic carbocycles. The second-order valence-electron chi connectivity index (χ2n) is 14.1. The van der Waals surface area contributed by atoms with E-state index in [0.29, 0.717) is 0 Å². The number of para-hydroxylation sites is 1. The Morgan fingerprint density at radius 1 is 0.315 bits per heavy atom. The third-order valence-electron chi connectivity index (χ3n) is 11.0. The summed E-state index contributed by atoms with van der Waals surface area (Å²) < 4.78 is 6.39. The monoisotopic (exact) mass is 687 g/mol. The minimum atomic E-state index is 0.873. The van der Waals surface area contributed by atoms with E-state index in [1.807, 2.05) is 12.1 Å². The first kappa shape index (κ1) is 30.5. The van der Waals surface area contributed by atoms with Gasteiger partial charge >= 0.3 is 0 Å². The van der Waals surface area contributed by atoms with Crippen molar-refractivity contribution in [1.82, 2.24) is 0 Å². The summed E-state index contributed by atoms with van der Waals surface area (Å²) in [4.78, 5) is 2.37. The average Bonchev–Trinajstić information content (AvgIpc) is 3.63. The molecule has 0 unspecified atom stereocenters. The molecule has 11 rings (SSSR count). The molecular formula is C52H33NO. The topological polar surface area (TPSA) is 16.4 Å². The molecule has 2 nitrogen and oxygen atoms in total. The van der Waals surface area contributed by atoms with Crippen LogP contribution in [0.3, 0.4) is 0 Å². The van der Waals surface area contributed by atoms with Gasteiger partial charge < -0.3 is 9.32 Å². The van der Waals surface area contributed by atoms with Crippen LogP contribution in [0.5, 0.6) is 0 Å². The number of benzene rings is 10. The van der Waals surface area contributed by atoms with Crippen molar-refractivity contribution in [1.29, 1.82) is 0 Å². The molecule has 0 saturated heterocycles. The van der Waals surface area contributed by atoms with E-state index in [4.69, 9.17) is 4.42 Å². The van der Waals surface area contributed by atoms with E-state index in [1.54, 1.807) is 0 Å². The lowest BCUT2D eigenvalue weighted by Gasteiger charge is -2.27. The van der Waals surface area contributed by atoms with Gasteiger partial charge in [0.1, 0.15) is 11.2 Å². The van der Waals surface area contributed by atoms with Gasteiger partial charge in [0.05, 0.1) is 11.1 Å². The predicted octanol–water partition coefficient (Wildman–Crippen LogP) is 15.0. The zero-order valence-electron chi connectivity index (χ0n) is 29.4. The standard InChI is InChI=1S/C52H33NO/c1-3-14-41-34(11-1)13-9-19-42(41)36-25-29-39(30-26-36)53(48-20-10-22-50-52(48)46-18-7-8-21-49(46)54-50)40-31-27-37(28-32-40)47-33-38-24-23-35-12-2-4-15-43(35)51(38)45-17-6-5-16-44(45)47/h1-33H. The minimum Gasteiger partial charge on any atom is -0.456 e. The Kier molecular flexibility index (Phi) is 6.90. The lowest BCUT2D eigenvalue weighted by atomic mass is 9.90. The second kappa shape index (κ2) is 12.2. The highest BCUT2D eigenvalue weighted by Crippen LogP contribution is 2.45. The van der Waals surface area contributed by atoms with Crippen molar-refractivity contribution in [3.63, 3.8) is 0 Å². The average molecular weight is 688 g/mol.